The first-order valence-corrected chi connectivity index (χ1v) is 33.2. The van der Waals surface area contributed by atoms with Crippen LogP contribution in [0.15, 0.2) is 58.4 Å². The molecule has 6 saturated heterocycles. The largest absolute Gasteiger partial charge is 0.511 e. The number of hydroxylamine groups is 2. The lowest BCUT2D eigenvalue weighted by Gasteiger charge is -2.56. The summed E-state index contributed by atoms with van der Waals surface area (Å²) in [4.78, 5) is 55.6. The fourth-order valence-electron chi connectivity index (χ4n) is 17.0. The van der Waals surface area contributed by atoms with Gasteiger partial charge >= 0.3 is 18.0 Å². The number of fused-ring (bicyclic) bond motifs is 4. The molecule has 1 spiro atoms. The van der Waals surface area contributed by atoms with Crippen molar-refractivity contribution < 1.29 is 117 Å². The van der Waals surface area contributed by atoms with E-state index in [0.29, 0.717) is 37.7 Å². The first kappa shape index (κ1) is 71.5. The maximum absolute atomic E-state index is 15.6. The smallest absolute Gasteiger partial charge is 0.407 e. The number of rotatable bonds is 14. The van der Waals surface area contributed by atoms with Crippen LogP contribution in [0.3, 0.4) is 0 Å². The number of allylic oxidation sites excluding steroid dienone is 3. The average molecular weight is 1320 g/mol. The van der Waals surface area contributed by atoms with Gasteiger partial charge < -0.3 is 92.4 Å². The van der Waals surface area contributed by atoms with Gasteiger partial charge in [0, 0.05) is 62.7 Å². The Hall–Kier alpha value is -4.30. The normalized spacial score (nSPS) is 46.4. The lowest BCUT2D eigenvalue weighted by molar-refractivity contribution is -0.390. The van der Waals surface area contributed by atoms with Crippen LogP contribution in [-0.4, -0.2) is 213 Å². The van der Waals surface area contributed by atoms with E-state index in [9.17, 15) is 50.3 Å². The monoisotopic (exact) mass is 1320 g/mol. The Kier molecular flexibility index (Phi) is 22.0. The van der Waals surface area contributed by atoms with Crippen LogP contribution in [0.4, 0.5) is 4.79 Å². The van der Waals surface area contributed by atoms with E-state index in [1.165, 1.54) is 27.0 Å². The highest BCUT2D eigenvalue weighted by molar-refractivity contribution is 6.26. The summed E-state index contributed by atoms with van der Waals surface area (Å²) in [6, 6.07) is -0.991. The molecule has 8 N–H and O–H groups in total. The van der Waals surface area contributed by atoms with Gasteiger partial charge in [-0.15, -0.1) is 0 Å². The van der Waals surface area contributed by atoms with Crippen molar-refractivity contribution in [2.24, 2.45) is 40.9 Å². The van der Waals surface area contributed by atoms with Crippen molar-refractivity contribution in [3.05, 3.63) is 58.4 Å². The summed E-state index contributed by atoms with van der Waals surface area (Å²) in [6.07, 6.45) is -3.52. The van der Waals surface area contributed by atoms with E-state index in [1.807, 2.05) is 39.8 Å². The average Bonchev–Trinajstić information content (AvgIpc) is 1.68. The van der Waals surface area contributed by atoms with E-state index in [1.54, 1.807) is 33.8 Å². The van der Waals surface area contributed by atoms with Crippen molar-refractivity contribution in [2.45, 2.75) is 281 Å². The number of methoxy groups -OCH3 is 1. The zero-order valence-corrected chi connectivity index (χ0v) is 55.7. The molecular weight excluding hydrogens is 1220 g/mol. The van der Waals surface area contributed by atoms with Crippen LogP contribution in [0.5, 0.6) is 0 Å². The van der Waals surface area contributed by atoms with Crippen LogP contribution in [0.1, 0.15) is 147 Å². The molecule has 10 aliphatic rings. The van der Waals surface area contributed by atoms with Crippen molar-refractivity contribution in [3.63, 3.8) is 0 Å². The third-order valence-electron chi connectivity index (χ3n) is 21.8. The van der Waals surface area contributed by atoms with Crippen molar-refractivity contribution in [1.29, 1.82) is 0 Å². The molecule has 2 bridgehead atoms. The number of Topliss-reactive ketones (excluding diaryl/α,β-unsaturated/α-hetero) is 1. The Labute approximate surface area is 543 Å². The van der Waals surface area contributed by atoms with Crippen LogP contribution in [0.2, 0.25) is 0 Å². The summed E-state index contributed by atoms with van der Waals surface area (Å²) < 4.78 is 81.8. The molecule has 26 nitrogen and oxygen atoms in total. The maximum Gasteiger partial charge on any atom is 0.407 e. The lowest BCUT2D eigenvalue weighted by atomic mass is 9.49. The minimum Gasteiger partial charge on any atom is -0.511 e. The number of amides is 1. The van der Waals surface area contributed by atoms with Gasteiger partial charge in [-0.2, -0.15) is 0 Å². The molecule has 6 aliphatic heterocycles. The number of hydrogen-bond acceptors (Lipinski definition) is 25. The first-order valence-electron chi connectivity index (χ1n) is 33.2. The topological polar surface area (TPSA) is 345 Å². The molecule has 0 radical (unpaired) electrons. The number of nitrogens with zero attached hydrogens (tertiary/aromatic N) is 1. The minimum absolute atomic E-state index is 0.0184. The number of alkyl carbamates (subject to hydrolysis) is 1. The molecule has 6 heterocycles. The number of ether oxygens (including phenoxy) is 13. The molecule has 0 aromatic heterocycles. The number of hydrogen-bond donors (Lipinski definition) is 8. The Balaban J connectivity index is 0.903. The Morgan fingerprint density at radius 3 is 1.99 bits per heavy atom. The molecule has 93 heavy (non-hydrogen) atoms. The second-order valence-corrected chi connectivity index (χ2v) is 28.4. The van der Waals surface area contributed by atoms with Gasteiger partial charge in [0.1, 0.15) is 23.5 Å². The predicted molar refractivity (Wildman–Crippen MR) is 325 cm³/mol. The van der Waals surface area contributed by atoms with E-state index < -0.39 is 205 Å². The Morgan fingerprint density at radius 1 is 0.699 bits per heavy atom. The van der Waals surface area contributed by atoms with Gasteiger partial charge in [-0.1, -0.05) is 62.0 Å². The molecule has 7 fully saturated rings. The van der Waals surface area contributed by atoms with Crippen molar-refractivity contribution >= 4 is 23.8 Å². The standard InChI is InChI=1S/C67H100N2O24/c1-30-14-18-47(88-54-28-65(11,69(79)80)60(38(9)86-54)68-64(78)81-13)31(2)23-43-45(73)24-40(29-70)27-67(43)62(76)55(63(77)93-67)61(75)66(12)42(30)16-15-41-56(66)32(3)22-33(4)57(41)92-53-26-49(59(37(8)85-53)87-39(10)71)90-50-21-19-48(35(6)83-50)89-52-25-46(74)58(36(7)84-52)91-51-20-17-44(72)34(5)82-51/h14-16,23-24,32-38,41-54,56-60,70,72-75,79-80H,17-22,25-29H2,1-13H3,(H,68,78). The Morgan fingerprint density at radius 2 is 1.33 bits per heavy atom. The van der Waals surface area contributed by atoms with Gasteiger partial charge in [0.15, 0.2) is 43.2 Å². The minimum atomic E-state index is -2.11. The van der Waals surface area contributed by atoms with E-state index in [0.717, 1.165) is 5.57 Å². The van der Waals surface area contributed by atoms with E-state index in [4.69, 9.17) is 61.6 Å². The molecule has 522 valence electrons. The third-order valence-corrected chi connectivity index (χ3v) is 21.8. The number of esters is 2. The Bertz CT molecular complexity index is 2870. The quantitative estimate of drug-likeness (QED) is 0.0327. The van der Waals surface area contributed by atoms with Gasteiger partial charge in [0.25, 0.3) is 0 Å². The molecule has 29 unspecified atom stereocenters. The molecule has 1 amide bonds. The molecule has 0 aromatic carbocycles. The fraction of sp³-hybridized carbons (Fsp3) is 0.791. The number of aliphatic hydroxyl groups is 5. The summed E-state index contributed by atoms with van der Waals surface area (Å²) in [5, 5.41) is 81.3. The number of aliphatic hydroxyl groups excluding tert-OH is 5. The summed E-state index contributed by atoms with van der Waals surface area (Å²) in [5.74, 6) is -6.12. The number of nitrogens with one attached hydrogen (secondary N) is 1. The SMILES string of the molecule is COC(=O)NC1C(C)OC(OC2CC=C(C)C3C=CC4C(OC5CC(OC6CCC(OC7CC(O)C(OC8CCC(O)C(C)O8)C(C)O7)C(C)O6)C(OC(C)=O)C(C)O5)C(C)CC(C)C4C3(C)C(O)=C3C(=O)OC4(CC(CO)=CC(O)C4C=C2C)C3=O)CC1(C)N(O)O. The molecule has 26 heteroatoms. The van der Waals surface area contributed by atoms with E-state index in [2.05, 4.69) is 25.2 Å². The van der Waals surface area contributed by atoms with Crippen LogP contribution < -0.4 is 5.32 Å². The predicted octanol–water partition coefficient (Wildman–Crippen LogP) is 5.96. The number of carbonyl (C=O) groups excluding carboxylic acids is 4. The summed E-state index contributed by atoms with van der Waals surface area (Å²) in [6.45, 7) is 20.8. The lowest BCUT2D eigenvalue weighted by Crippen LogP contribution is -2.68. The third kappa shape index (κ3) is 14.2. The highest BCUT2D eigenvalue weighted by atomic mass is 16.8. The highest BCUT2D eigenvalue weighted by Gasteiger charge is 2.65. The van der Waals surface area contributed by atoms with Gasteiger partial charge in [-0.05, 0) is 110 Å². The van der Waals surface area contributed by atoms with Crippen molar-refractivity contribution in [3.8, 4) is 0 Å². The van der Waals surface area contributed by atoms with Gasteiger partial charge in [0.05, 0.1) is 98.4 Å². The molecule has 0 aromatic rings. The zero-order chi connectivity index (χ0) is 67.5. The molecule has 10 rings (SSSR count). The van der Waals surface area contributed by atoms with E-state index in [-0.39, 0.29) is 54.7 Å². The number of carbonyl (C=O) groups is 4. The van der Waals surface area contributed by atoms with Crippen LogP contribution in [0, 0.1) is 40.9 Å². The van der Waals surface area contributed by atoms with Gasteiger partial charge in [-0.3, -0.25) is 20.0 Å². The van der Waals surface area contributed by atoms with Gasteiger partial charge in [-0.25, -0.2) is 9.59 Å². The fourth-order valence-corrected chi connectivity index (χ4v) is 17.0. The second-order valence-electron chi connectivity index (χ2n) is 28.4. The summed E-state index contributed by atoms with van der Waals surface area (Å²) >= 11 is 0. The maximum atomic E-state index is 15.6. The highest BCUT2D eigenvalue weighted by Crippen LogP contribution is 2.61. The first-order chi connectivity index (χ1) is 43.9. The summed E-state index contributed by atoms with van der Waals surface area (Å²) in [7, 11) is 1.18. The zero-order valence-electron chi connectivity index (χ0n) is 55.7. The van der Waals surface area contributed by atoms with Crippen LogP contribution >= 0.6 is 0 Å². The van der Waals surface area contributed by atoms with Crippen LogP contribution in [0.25, 0.3) is 0 Å². The molecule has 29 atom stereocenters. The second kappa shape index (κ2) is 28.6. The number of ketones is 1. The van der Waals surface area contributed by atoms with Crippen molar-refractivity contribution in [1.82, 2.24) is 10.5 Å². The molecule has 1 saturated carbocycles. The van der Waals surface area contributed by atoms with Crippen molar-refractivity contribution in [2.75, 3.05) is 13.7 Å². The van der Waals surface area contributed by atoms with E-state index >= 15 is 4.79 Å². The van der Waals surface area contributed by atoms with Gasteiger partial charge in [0.2, 0.25) is 5.78 Å². The van der Waals surface area contributed by atoms with Crippen LogP contribution in [-0.2, 0) is 76.0 Å². The molecular formula is C67H100N2O24. The summed E-state index contributed by atoms with van der Waals surface area (Å²) in [5.41, 5.74) is -4.18. The molecule has 4 aliphatic carbocycles.